The first-order chi connectivity index (χ1) is 49.4. The Hall–Kier alpha value is -10.2. The number of pyridine rings is 3. The molecule has 0 radical (unpaired) electrons. The summed E-state index contributed by atoms with van der Waals surface area (Å²) in [7, 11) is 0. The lowest BCUT2D eigenvalue weighted by molar-refractivity contribution is 0.308. The maximum absolute atomic E-state index is 7.27. The maximum Gasteiger partial charge on any atom is 0.168 e. The minimum absolute atomic E-state index is 0.281. The molecule has 8 bridgehead atoms. The average Bonchev–Trinajstić information content (AvgIpc) is 1.54. The summed E-state index contributed by atoms with van der Waals surface area (Å²) in [5.41, 5.74) is 5.69. The van der Waals surface area contributed by atoms with Crippen LogP contribution in [0, 0.1) is 0 Å². The molecule has 6 aromatic carbocycles. The Bertz CT molecular complexity index is 4890. The Morgan fingerprint density at radius 1 is 0.270 bits per heavy atom. The molecule has 6 aromatic heterocycles. The van der Waals surface area contributed by atoms with Crippen LogP contribution >= 0.6 is 0 Å². The van der Waals surface area contributed by atoms with Gasteiger partial charge in [0.25, 0.3) is 0 Å². The van der Waals surface area contributed by atoms with Gasteiger partial charge in [0.2, 0.25) is 0 Å². The second kappa shape index (κ2) is 30.5. The zero-order valence-corrected chi connectivity index (χ0v) is 58.9. The van der Waals surface area contributed by atoms with Gasteiger partial charge < -0.3 is 47.9 Å². The van der Waals surface area contributed by atoms with E-state index >= 15 is 0 Å². The van der Waals surface area contributed by atoms with Crippen LogP contribution in [0.1, 0.15) is 158 Å². The number of ether oxygens (including phenoxy) is 8. The molecule has 516 valence electrons. The van der Waals surface area contributed by atoms with E-state index in [4.69, 9.17) is 82.8 Å². The van der Waals surface area contributed by atoms with Crippen molar-refractivity contribution in [2.45, 2.75) is 158 Å². The van der Waals surface area contributed by atoms with Gasteiger partial charge in [-0.1, -0.05) is 131 Å². The van der Waals surface area contributed by atoms with E-state index in [2.05, 4.69) is 102 Å². The number of aromatic nitrogens is 11. The number of benzene rings is 6. The van der Waals surface area contributed by atoms with Crippen molar-refractivity contribution >= 4 is 98.4 Å². The third kappa shape index (κ3) is 12.5. The van der Waals surface area contributed by atoms with Crippen LogP contribution in [0.25, 0.3) is 144 Å². The van der Waals surface area contributed by atoms with E-state index in [0.717, 1.165) is 140 Å². The van der Waals surface area contributed by atoms with Crippen LogP contribution in [0.4, 0.5) is 0 Å². The Morgan fingerprint density at radius 3 is 0.860 bits per heavy atom. The molecule has 100 heavy (non-hydrogen) atoms. The first kappa shape index (κ1) is 67.0. The van der Waals surface area contributed by atoms with Crippen LogP contribution in [0.15, 0.2) is 91.4 Å². The van der Waals surface area contributed by atoms with Crippen molar-refractivity contribution in [2.75, 3.05) is 52.9 Å². The second-order valence-electron chi connectivity index (χ2n) is 25.8. The fourth-order valence-electron chi connectivity index (χ4n) is 13.3. The quantitative estimate of drug-likeness (QED) is 0.0295. The number of aromatic amines is 2. The molecule has 0 fully saturated rings. The maximum atomic E-state index is 7.27. The SMILES string of the molecule is CCCCOc1c2c(c(OCCCC)c3cc4ccccc4cc13)-c1nc-2nc2[nH]c(nc3nc(nc4[nH]c(n1)c1c(OCCCC)c5ncccc5c(OCCCC)c41)-c1c-3c(OCCCC)c3cccnc3c1OCCCC)c1c(OCCCC)c3ncccc3c(OCCCC)c21. The van der Waals surface area contributed by atoms with Crippen molar-refractivity contribution in [3.05, 3.63) is 91.4 Å². The molecule has 2 aliphatic rings. The van der Waals surface area contributed by atoms with Crippen LogP contribution < -0.4 is 37.9 Å². The molecule has 19 heteroatoms. The van der Waals surface area contributed by atoms with Crippen LogP contribution in [-0.2, 0) is 0 Å². The molecular formula is C81H89N11O8. The highest BCUT2D eigenvalue weighted by atomic mass is 16.5. The van der Waals surface area contributed by atoms with Crippen molar-refractivity contribution in [1.29, 1.82) is 0 Å². The van der Waals surface area contributed by atoms with Gasteiger partial charge >= 0.3 is 0 Å². The average molecular weight is 1340 g/mol. The molecule has 0 amide bonds. The van der Waals surface area contributed by atoms with Crippen molar-refractivity contribution in [1.82, 2.24) is 54.8 Å². The Morgan fingerprint density at radius 2 is 0.530 bits per heavy atom. The number of fused-ring (bicyclic) bond motifs is 25. The van der Waals surface area contributed by atoms with Crippen molar-refractivity contribution in [3.8, 4) is 91.5 Å². The van der Waals surface area contributed by atoms with E-state index < -0.39 is 0 Å². The number of hydrogen-bond donors (Lipinski definition) is 2. The lowest BCUT2D eigenvalue weighted by atomic mass is 9.95. The van der Waals surface area contributed by atoms with Crippen molar-refractivity contribution < 1.29 is 37.9 Å². The highest BCUT2D eigenvalue weighted by molar-refractivity contribution is 6.22. The molecule has 2 aliphatic heterocycles. The van der Waals surface area contributed by atoms with Gasteiger partial charge in [-0.2, -0.15) is 0 Å². The molecule has 0 unspecified atom stereocenters. The fraction of sp³-hybridized carbons (Fsp3) is 0.395. The third-order valence-corrected chi connectivity index (χ3v) is 18.6. The van der Waals surface area contributed by atoms with Gasteiger partial charge in [0, 0.05) is 45.5 Å². The molecule has 19 nitrogen and oxygen atoms in total. The summed E-state index contributed by atoms with van der Waals surface area (Å²) in [6.07, 6.45) is 18.8. The van der Waals surface area contributed by atoms with E-state index in [-0.39, 0.29) is 5.82 Å². The Kier molecular flexibility index (Phi) is 20.5. The van der Waals surface area contributed by atoms with Crippen LogP contribution in [-0.4, -0.2) is 108 Å². The molecule has 14 rings (SSSR count). The number of hydrogen-bond acceptors (Lipinski definition) is 17. The summed E-state index contributed by atoms with van der Waals surface area (Å²) in [6, 6.07) is 24.7. The van der Waals surface area contributed by atoms with Gasteiger partial charge in [-0.15, -0.1) is 0 Å². The zero-order chi connectivity index (χ0) is 68.6. The van der Waals surface area contributed by atoms with Crippen LogP contribution in [0.5, 0.6) is 46.0 Å². The molecule has 0 saturated carbocycles. The Balaban J connectivity index is 1.27. The predicted octanol–water partition coefficient (Wildman–Crippen LogP) is 20.3. The van der Waals surface area contributed by atoms with Crippen LogP contribution in [0.3, 0.4) is 0 Å². The second-order valence-corrected chi connectivity index (χ2v) is 25.8. The van der Waals surface area contributed by atoms with Gasteiger partial charge in [0.05, 0.1) is 96.7 Å². The lowest BCUT2D eigenvalue weighted by Gasteiger charge is -2.19. The molecule has 0 aliphatic carbocycles. The van der Waals surface area contributed by atoms with Gasteiger partial charge in [0.1, 0.15) is 67.9 Å². The monoisotopic (exact) mass is 1340 g/mol. The number of nitrogens with zero attached hydrogens (tertiary/aromatic N) is 9. The largest absolute Gasteiger partial charge is 0.492 e. The highest BCUT2D eigenvalue weighted by Crippen LogP contribution is 2.56. The molecular weight excluding hydrogens is 1250 g/mol. The van der Waals surface area contributed by atoms with E-state index in [1.165, 1.54) is 0 Å². The molecule has 0 spiro atoms. The predicted molar refractivity (Wildman–Crippen MR) is 400 cm³/mol. The lowest BCUT2D eigenvalue weighted by Crippen LogP contribution is -2.04. The van der Waals surface area contributed by atoms with E-state index in [0.29, 0.717) is 199 Å². The standard InChI is InChI=1S/C81H89N11O8/c1-9-17-38-93-66-50-32-27-35-82-63(50)71(98-43-22-14-6)60-57(66)76-86-74-55-56(70(97-42-21-13-5)54-47-49-31-26-25-30-48(49)46-53(54)69(55)96-41-20-12-4)75(85-74)87-79-61-58(67(94-39-18-10-2)51-33-28-36-83-64(51)72(61)99-44-23-15-7)77(89-79)91-81-62-59(78(92-81)90-80(60)88-76)68(95-40-19-11-3)52-34-29-37-84-65(52)73(62)100-45-24-16-8/h25-37,46-47H,9-24,38-45H2,1-8H3,(H2,85,86,87,88,89,90,91,92). The third-order valence-electron chi connectivity index (χ3n) is 18.6. The number of rotatable bonds is 32. The number of unbranched alkanes of at least 4 members (excludes halogenated alkanes) is 8. The summed E-state index contributed by atoms with van der Waals surface area (Å²) < 4.78 is 57.3. The van der Waals surface area contributed by atoms with Gasteiger partial charge in [-0.3, -0.25) is 15.0 Å². The van der Waals surface area contributed by atoms with Gasteiger partial charge in [0.15, 0.2) is 40.5 Å². The smallest absolute Gasteiger partial charge is 0.168 e. The summed E-state index contributed by atoms with van der Waals surface area (Å²) >= 11 is 0. The molecule has 12 aromatic rings. The van der Waals surface area contributed by atoms with Gasteiger partial charge in [-0.25, -0.2) is 29.9 Å². The normalized spacial score (nSPS) is 12.0. The fourth-order valence-corrected chi connectivity index (χ4v) is 13.3. The van der Waals surface area contributed by atoms with E-state index in [9.17, 15) is 0 Å². The van der Waals surface area contributed by atoms with E-state index in [1.807, 2.05) is 36.4 Å². The first-order valence-corrected chi connectivity index (χ1v) is 36.6. The zero-order valence-electron chi connectivity index (χ0n) is 58.9. The highest BCUT2D eigenvalue weighted by Gasteiger charge is 2.37. The molecule has 8 heterocycles. The summed E-state index contributed by atoms with van der Waals surface area (Å²) in [5.74, 6) is 5.57. The van der Waals surface area contributed by atoms with Gasteiger partial charge in [-0.05, 0) is 111 Å². The van der Waals surface area contributed by atoms with Crippen LogP contribution in [0.2, 0.25) is 0 Å². The minimum Gasteiger partial charge on any atom is -0.492 e. The Labute approximate surface area is 582 Å². The minimum atomic E-state index is 0.281. The first-order valence-electron chi connectivity index (χ1n) is 36.6. The molecule has 0 saturated heterocycles. The summed E-state index contributed by atoms with van der Waals surface area (Å²) in [4.78, 5) is 57.8. The van der Waals surface area contributed by atoms with E-state index in [1.54, 1.807) is 18.6 Å². The topological polar surface area (TPSA) is 221 Å². The molecule has 0 atom stereocenters. The molecule has 2 N–H and O–H groups in total. The number of nitrogens with one attached hydrogen (secondary N) is 2. The van der Waals surface area contributed by atoms with Crippen molar-refractivity contribution in [3.63, 3.8) is 0 Å². The van der Waals surface area contributed by atoms with Crippen molar-refractivity contribution in [2.24, 2.45) is 0 Å². The number of H-pyrrole nitrogens is 2. The summed E-state index contributed by atoms with van der Waals surface area (Å²) in [6.45, 7) is 20.5. The summed E-state index contributed by atoms with van der Waals surface area (Å²) in [5, 5.41) is 8.40.